The molecule has 1 saturated heterocycles. The summed E-state index contributed by atoms with van der Waals surface area (Å²) in [5.74, 6) is 0.832. The molecule has 0 saturated carbocycles. The Morgan fingerprint density at radius 3 is 2.38 bits per heavy atom. The normalized spacial score (nSPS) is 17.8. The number of para-hydroxylation sites is 1. The number of carbonyl (C=O) groups is 1. The van der Waals surface area contributed by atoms with Crippen LogP contribution in [0.4, 0.5) is 11.4 Å². The molecule has 1 unspecified atom stereocenters. The fourth-order valence-corrected chi connectivity index (χ4v) is 4.79. The molecule has 1 heterocycles. The summed E-state index contributed by atoms with van der Waals surface area (Å²) in [7, 11) is -3.31. The van der Waals surface area contributed by atoms with E-state index in [9.17, 15) is 13.2 Å². The Kier molecular flexibility index (Phi) is 5.29. The lowest BCUT2D eigenvalue weighted by molar-refractivity contribution is -0.115. The highest BCUT2D eigenvalue weighted by Crippen LogP contribution is 2.44. The number of nitrogens with one attached hydrogen (secondary N) is 1. The van der Waals surface area contributed by atoms with Gasteiger partial charge in [0.05, 0.1) is 12.0 Å². The van der Waals surface area contributed by atoms with Gasteiger partial charge in [-0.15, -0.1) is 11.8 Å². The Hall–Kier alpha value is -1.99. The first kappa shape index (κ1) is 18.8. The third-order valence-electron chi connectivity index (χ3n) is 4.19. The van der Waals surface area contributed by atoms with Crippen LogP contribution in [0.15, 0.2) is 48.5 Å². The Morgan fingerprint density at radius 1 is 1.12 bits per heavy atom. The van der Waals surface area contributed by atoms with E-state index in [-0.39, 0.29) is 11.3 Å². The van der Waals surface area contributed by atoms with Crippen LogP contribution in [-0.4, -0.2) is 26.3 Å². The van der Waals surface area contributed by atoms with E-state index in [1.165, 1.54) is 0 Å². The van der Waals surface area contributed by atoms with Crippen LogP contribution in [0.1, 0.15) is 36.3 Å². The molecular formula is C19H22N2O3S2. The molecule has 0 aromatic heterocycles. The van der Waals surface area contributed by atoms with Crippen molar-refractivity contribution in [3.8, 4) is 0 Å². The second-order valence-corrected chi connectivity index (χ2v) is 9.45. The molecule has 0 bridgehead atoms. The molecule has 5 nitrogen and oxygen atoms in total. The number of anilines is 2. The van der Waals surface area contributed by atoms with Crippen LogP contribution >= 0.6 is 11.8 Å². The molecule has 138 valence electrons. The molecule has 1 aliphatic heterocycles. The zero-order valence-corrected chi connectivity index (χ0v) is 16.6. The van der Waals surface area contributed by atoms with Crippen LogP contribution < -0.4 is 9.62 Å². The molecule has 0 radical (unpaired) electrons. The SMILES string of the molecule is CC(C)c1ccccc1N1C(=O)CSC1c1ccc(NS(C)(=O)=O)cc1. The predicted molar refractivity (Wildman–Crippen MR) is 108 cm³/mol. The number of nitrogens with zero attached hydrogens (tertiary/aromatic N) is 1. The van der Waals surface area contributed by atoms with Gasteiger partial charge in [-0.25, -0.2) is 8.42 Å². The Labute approximate surface area is 158 Å². The molecule has 3 rings (SSSR count). The monoisotopic (exact) mass is 390 g/mol. The van der Waals surface area contributed by atoms with Crippen LogP contribution in [0.3, 0.4) is 0 Å². The number of thioether (sulfide) groups is 1. The van der Waals surface area contributed by atoms with E-state index < -0.39 is 10.0 Å². The van der Waals surface area contributed by atoms with E-state index in [1.54, 1.807) is 23.9 Å². The van der Waals surface area contributed by atoms with Crippen LogP contribution in [0, 0.1) is 0 Å². The average molecular weight is 391 g/mol. The molecule has 2 aromatic carbocycles. The molecule has 0 aliphatic carbocycles. The third-order valence-corrected chi connectivity index (χ3v) is 6.00. The Morgan fingerprint density at radius 2 is 1.77 bits per heavy atom. The van der Waals surface area contributed by atoms with Gasteiger partial charge in [-0.1, -0.05) is 44.2 Å². The van der Waals surface area contributed by atoms with Gasteiger partial charge < -0.3 is 0 Å². The summed E-state index contributed by atoms with van der Waals surface area (Å²) in [5, 5.41) is -0.116. The van der Waals surface area contributed by atoms with Crippen molar-refractivity contribution in [3.05, 3.63) is 59.7 Å². The third kappa shape index (κ3) is 4.04. The first-order chi connectivity index (χ1) is 12.3. The van der Waals surface area contributed by atoms with E-state index in [4.69, 9.17) is 0 Å². The second-order valence-electron chi connectivity index (χ2n) is 6.64. The van der Waals surface area contributed by atoms with E-state index in [1.807, 2.05) is 35.2 Å². The van der Waals surface area contributed by atoms with Gasteiger partial charge in [0.2, 0.25) is 15.9 Å². The summed E-state index contributed by atoms with van der Waals surface area (Å²) >= 11 is 1.58. The maximum atomic E-state index is 12.6. The van der Waals surface area contributed by atoms with Crippen molar-refractivity contribution < 1.29 is 13.2 Å². The molecule has 1 atom stereocenters. The Bertz CT molecular complexity index is 909. The maximum absolute atomic E-state index is 12.6. The maximum Gasteiger partial charge on any atom is 0.238 e. The van der Waals surface area contributed by atoms with E-state index in [2.05, 4.69) is 24.6 Å². The number of amides is 1. The van der Waals surface area contributed by atoms with Gasteiger partial charge in [-0.3, -0.25) is 14.4 Å². The minimum absolute atomic E-state index is 0.0893. The zero-order valence-electron chi connectivity index (χ0n) is 15.0. The van der Waals surface area contributed by atoms with Crippen molar-refractivity contribution in [2.45, 2.75) is 25.1 Å². The minimum atomic E-state index is -3.31. The highest BCUT2D eigenvalue weighted by atomic mass is 32.2. The van der Waals surface area contributed by atoms with Crippen LogP contribution in [0.5, 0.6) is 0 Å². The van der Waals surface area contributed by atoms with E-state index in [0.717, 1.165) is 23.1 Å². The van der Waals surface area contributed by atoms with Crippen molar-refractivity contribution in [2.24, 2.45) is 0 Å². The van der Waals surface area contributed by atoms with E-state index >= 15 is 0 Å². The van der Waals surface area contributed by atoms with Gasteiger partial charge in [0.1, 0.15) is 5.37 Å². The van der Waals surface area contributed by atoms with Gasteiger partial charge in [-0.05, 0) is 35.2 Å². The highest BCUT2D eigenvalue weighted by molar-refractivity contribution is 8.00. The first-order valence-electron chi connectivity index (χ1n) is 8.36. The van der Waals surface area contributed by atoms with Crippen molar-refractivity contribution in [1.29, 1.82) is 0 Å². The van der Waals surface area contributed by atoms with Gasteiger partial charge in [0.15, 0.2) is 0 Å². The zero-order chi connectivity index (χ0) is 18.9. The molecule has 1 aliphatic rings. The fourth-order valence-electron chi connectivity index (χ4n) is 3.06. The molecule has 2 aromatic rings. The van der Waals surface area contributed by atoms with Gasteiger partial charge in [0.25, 0.3) is 0 Å². The lowest BCUT2D eigenvalue weighted by Crippen LogP contribution is -2.29. The minimum Gasteiger partial charge on any atom is -0.295 e. The molecular weight excluding hydrogens is 368 g/mol. The van der Waals surface area contributed by atoms with Gasteiger partial charge in [-0.2, -0.15) is 0 Å². The summed E-state index contributed by atoms with van der Waals surface area (Å²) in [4.78, 5) is 14.5. The molecule has 7 heteroatoms. The molecule has 1 amide bonds. The molecule has 26 heavy (non-hydrogen) atoms. The smallest absolute Gasteiger partial charge is 0.238 e. The average Bonchev–Trinajstić information content (AvgIpc) is 2.95. The van der Waals surface area contributed by atoms with Gasteiger partial charge >= 0.3 is 0 Å². The van der Waals surface area contributed by atoms with Crippen molar-refractivity contribution in [1.82, 2.24) is 0 Å². The van der Waals surface area contributed by atoms with Crippen molar-refractivity contribution in [3.63, 3.8) is 0 Å². The topological polar surface area (TPSA) is 66.5 Å². The summed E-state index contributed by atoms with van der Waals surface area (Å²) in [6.45, 7) is 4.24. The number of carbonyl (C=O) groups excluding carboxylic acids is 1. The number of hydrogen-bond donors (Lipinski definition) is 1. The highest BCUT2D eigenvalue weighted by Gasteiger charge is 2.35. The summed E-state index contributed by atoms with van der Waals surface area (Å²) in [5.41, 5.74) is 3.57. The van der Waals surface area contributed by atoms with Gasteiger partial charge in [0, 0.05) is 11.4 Å². The molecule has 1 N–H and O–H groups in total. The lowest BCUT2D eigenvalue weighted by atomic mass is 10.00. The largest absolute Gasteiger partial charge is 0.295 e. The summed E-state index contributed by atoms with van der Waals surface area (Å²) in [6, 6.07) is 15.2. The van der Waals surface area contributed by atoms with Crippen LogP contribution in [-0.2, 0) is 14.8 Å². The second kappa shape index (κ2) is 7.32. The lowest BCUT2D eigenvalue weighted by Gasteiger charge is -2.27. The van der Waals surface area contributed by atoms with Crippen LogP contribution in [0.25, 0.3) is 0 Å². The Balaban J connectivity index is 1.94. The van der Waals surface area contributed by atoms with Crippen LogP contribution in [0.2, 0.25) is 0 Å². The number of benzene rings is 2. The van der Waals surface area contributed by atoms with Crippen molar-refractivity contribution in [2.75, 3.05) is 21.6 Å². The fraction of sp³-hybridized carbons (Fsp3) is 0.316. The summed E-state index contributed by atoms with van der Waals surface area (Å²) in [6.07, 6.45) is 1.12. The standard InChI is InChI=1S/C19H22N2O3S2/c1-13(2)16-6-4-5-7-17(16)21-18(22)12-25-19(21)14-8-10-15(11-9-14)20-26(3,23)24/h4-11,13,19-20H,12H2,1-3H3. The summed E-state index contributed by atoms with van der Waals surface area (Å²) < 4.78 is 25.2. The van der Waals surface area contributed by atoms with E-state index in [0.29, 0.717) is 17.4 Å². The molecule has 0 spiro atoms. The first-order valence-corrected chi connectivity index (χ1v) is 11.3. The number of sulfonamides is 1. The van der Waals surface area contributed by atoms with Crippen molar-refractivity contribution >= 4 is 39.1 Å². The number of rotatable bonds is 5. The predicted octanol–water partition coefficient (Wildman–Crippen LogP) is 3.96. The molecule has 1 fully saturated rings. The number of hydrogen-bond acceptors (Lipinski definition) is 4. The quantitative estimate of drug-likeness (QED) is 0.839.